The van der Waals surface area contributed by atoms with Gasteiger partial charge in [-0.05, 0) is 24.2 Å². The maximum Gasteiger partial charge on any atom is 0.219 e. The minimum Gasteiger partial charge on any atom is -0.341 e. The number of piperidine rings is 1. The van der Waals surface area contributed by atoms with Gasteiger partial charge in [-0.15, -0.1) is 0 Å². The lowest BCUT2D eigenvalue weighted by molar-refractivity contribution is -0.131. The summed E-state index contributed by atoms with van der Waals surface area (Å²) in [5.41, 5.74) is 0.304. The van der Waals surface area contributed by atoms with Gasteiger partial charge in [-0.25, -0.2) is 0 Å². The predicted molar refractivity (Wildman–Crippen MR) is 76.5 cm³/mol. The zero-order valence-corrected chi connectivity index (χ0v) is 12.8. The van der Waals surface area contributed by atoms with Crippen LogP contribution in [-0.2, 0) is 4.79 Å². The SMILES string of the molecule is CCCC1CC(NCC(C)(C)C)CN(C(C)=O)C1. The van der Waals surface area contributed by atoms with E-state index in [0.717, 1.165) is 19.6 Å². The van der Waals surface area contributed by atoms with Crippen molar-refractivity contribution in [3.05, 3.63) is 0 Å². The number of nitrogens with one attached hydrogen (secondary N) is 1. The van der Waals surface area contributed by atoms with E-state index in [2.05, 4.69) is 33.0 Å². The summed E-state index contributed by atoms with van der Waals surface area (Å²) in [4.78, 5) is 13.6. The fourth-order valence-electron chi connectivity index (χ4n) is 2.68. The first-order chi connectivity index (χ1) is 8.31. The molecule has 1 aliphatic rings. The molecule has 1 fully saturated rings. The first-order valence-corrected chi connectivity index (χ1v) is 7.30. The minimum absolute atomic E-state index is 0.221. The third-order valence-electron chi connectivity index (χ3n) is 3.60. The molecule has 1 N–H and O–H groups in total. The summed E-state index contributed by atoms with van der Waals surface area (Å²) in [6.45, 7) is 13.5. The van der Waals surface area contributed by atoms with Crippen LogP contribution in [-0.4, -0.2) is 36.5 Å². The monoisotopic (exact) mass is 254 g/mol. The Bertz CT molecular complexity index is 270. The maximum absolute atomic E-state index is 11.6. The highest BCUT2D eigenvalue weighted by Gasteiger charge is 2.28. The molecule has 1 heterocycles. The number of likely N-dealkylation sites (tertiary alicyclic amines) is 1. The molecule has 0 aromatic heterocycles. The Morgan fingerprint density at radius 1 is 1.33 bits per heavy atom. The van der Waals surface area contributed by atoms with Crippen molar-refractivity contribution in [2.24, 2.45) is 11.3 Å². The number of rotatable bonds is 4. The average Bonchev–Trinajstić information content (AvgIpc) is 2.25. The van der Waals surface area contributed by atoms with E-state index in [4.69, 9.17) is 0 Å². The van der Waals surface area contributed by atoms with Gasteiger partial charge in [0.05, 0.1) is 0 Å². The van der Waals surface area contributed by atoms with E-state index in [0.29, 0.717) is 17.4 Å². The van der Waals surface area contributed by atoms with Crippen molar-refractivity contribution in [2.75, 3.05) is 19.6 Å². The van der Waals surface area contributed by atoms with E-state index in [1.54, 1.807) is 6.92 Å². The predicted octanol–water partition coefficient (Wildman–Crippen LogP) is 2.66. The van der Waals surface area contributed by atoms with Crippen LogP contribution >= 0.6 is 0 Å². The highest BCUT2D eigenvalue weighted by Crippen LogP contribution is 2.22. The lowest BCUT2D eigenvalue weighted by atomic mass is 9.89. The Morgan fingerprint density at radius 3 is 2.50 bits per heavy atom. The van der Waals surface area contributed by atoms with Crippen molar-refractivity contribution < 1.29 is 4.79 Å². The molecular formula is C15H30N2O. The first-order valence-electron chi connectivity index (χ1n) is 7.30. The molecule has 1 rings (SSSR count). The van der Waals surface area contributed by atoms with Crippen LogP contribution < -0.4 is 5.32 Å². The summed E-state index contributed by atoms with van der Waals surface area (Å²) < 4.78 is 0. The van der Waals surface area contributed by atoms with Crippen LogP contribution in [0.25, 0.3) is 0 Å². The van der Waals surface area contributed by atoms with E-state index in [9.17, 15) is 4.79 Å². The molecular weight excluding hydrogens is 224 g/mol. The number of carbonyl (C=O) groups excluding carboxylic acids is 1. The Balaban J connectivity index is 2.53. The van der Waals surface area contributed by atoms with Crippen molar-refractivity contribution in [2.45, 2.75) is 59.9 Å². The van der Waals surface area contributed by atoms with Crippen molar-refractivity contribution in [3.63, 3.8) is 0 Å². The van der Waals surface area contributed by atoms with Crippen molar-refractivity contribution in [1.29, 1.82) is 0 Å². The van der Waals surface area contributed by atoms with E-state index >= 15 is 0 Å². The van der Waals surface area contributed by atoms with Crippen LogP contribution in [0.15, 0.2) is 0 Å². The number of carbonyl (C=O) groups is 1. The van der Waals surface area contributed by atoms with Gasteiger partial charge < -0.3 is 10.2 Å². The second-order valence-corrected chi connectivity index (χ2v) is 6.95. The van der Waals surface area contributed by atoms with Crippen molar-refractivity contribution in [3.8, 4) is 0 Å². The molecule has 1 aliphatic heterocycles. The minimum atomic E-state index is 0.221. The molecule has 0 aliphatic carbocycles. The Hall–Kier alpha value is -0.570. The topological polar surface area (TPSA) is 32.3 Å². The summed E-state index contributed by atoms with van der Waals surface area (Å²) in [6.07, 6.45) is 3.66. The molecule has 0 aromatic carbocycles. The van der Waals surface area contributed by atoms with Gasteiger partial charge in [-0.3, -0.25) is 4.79 Å². The number of hydrogen-bond acceptors (Lipinski definition) is 2. The quantitative estimate of drug-likeness (QED) is 0.836. The Morgan fingerprint density at radius 2 is 2.00 bits per heavy atom. The third kappa shape index (κ3) is 5.38. The largest absolute Gasteiger partial charge is 0.341 e. The van der Waals surface area contributed by atoms with Crippen LogP contribution in [0.3, 0.4) is 0 Å². The standard InChI is InChI=1S/C15H30N2O/c1-6-7-13-8-14(16-11-15(3,4)5)10-17(9-13)12(2)18/h13-14,16H,6-11H2,1-5H3. The first kappa shape index (κ1) is 15.5. The van der Waals surface area contributed by atoms with Crippen LogP contribution in [0.5, 0.6) is 0 Å². The molecule has 18 heavy (non-hydrogen) atoms. The van der Waals surface area contributed by atoms with E-state index in [-0.39, 0.29) is 5.91 Å². The van der Waals surface area contributed by atoms with E-state index in [1.165, 1.54) is 19.3 Å². The normalized spacial score (nSPS) is 25.3. The lowest BCUT2D eigenvalue weighted by Crippen LogP contribution is -2.52. The molecule has 1 saturated heterocycles. The number of amides is 1. The van der Waals surface area contributed by atoms with Gasteiger partial charge in [0.1, 0.15) is 0 Å². The molecule has 1 amide bonds. The number of hydrogen-bond donors (Lipinski definition) is 1. The van der Waals surface area contributed by atoms with Crippen LogP contribution in [0, 0.1) is 11.3 Å². The van der Waals surface area contributed by atoms with E-state index < -0.39 is 0 Å². The smallest absolute Gasteiger partial charge is 0.219 e. The molecule has 0 aromatic rings. The molecule has 2 atom stereocenters. The Labute approximate surface area is 112 Å². The maximum atomic E-state index is 11.6. The average molecular weight is 254 g/mol. The molecule has 0 saturated carbocycles. The van der Waals surface area contributed by atoms with Crippen LogP contribution in [0.4, 0.5) is 0 Å². The van der Waals surface area contributed by atoms with Crippen LogP contribution in [0.2, 0.25) is 0 Å². The van der Waals surface area contributed by atoms with Gasteiger partial charge in [0, 0.05) is 32.6 Å². The fourth-order valence-corrected chi connectivity index (χ4v) is 2.68. The summed E-state index contributed by atoms with van der Waals surface area (Å²) in [5.74, 6) is 0.892. The summed E-state index contributed by atoms with van der Waals surface area (Å²) >= 11 is 0. The lowest BCUT2D eigenvalue weighted by Gasteiger charge is -2.39. The summed E-state index contributed by atoms with van der Waals surface area (Å²) in [5, 5.41) is 3.64. The molecule has 106 valence electrons. The van der Waals surface area contributed by atoms with Crippen LogP contribution in [0.1, 0.15) is 53.9 Å². The second-order valence-electron chi connectivity index (χ2n) is 6.95. The van der Waals surface area contributed by atoms with Crippen molar-refractivity contribution >= 4 is 5.91 Å². The molecule has 3 heteroatoms. The fraction of sp³-hybridized carbons (Fsp3) is 0.933. The van der Waals surface area contributed by atoms with Crippen molar-refractivity contribution in [1.82, 2.24) is 10.2 Å². The van der Waals surface area contributed by atoms with Gasteiger partial charge in [0.15, 0.2) is 0 Å². The zero-order valence-electron chi connectivity index (χ0n) is 12.8. The summed E-state index contributed by atoms with van der Waals surface area (Å²) in [7, 11) is 0. The van der Waals surface area contributed by atoms with Gasteiger partial charge in [0.25, 0.3) is 0 Å². The molecule has 0 spiro atoms. The van der Waals surface area contributed by atoms with Gasteiger partial charge >= 0.3 is 0 Å². The van der Waals surface area contributed by atoms with Gasteiger partial charge in [0.2, 0.25) is 5.91 Å². The number of nitrogens with zero attached hydrogens (tertiary/aromatic N) is 1. The second kappa shape index (κ2) is 6.55. The Kier molecular flexibility index (Phi) is 5.64. The highest BCUT2D eigenvalue weighted by atomic mass is 16.2. The van der Waals surface area contributed by atoms with Gasteiger partial charge in [-0.1, -0.05) is 34.1 Å². The molecule has 2 unspecified atom stereocenters. The third-order valence-corrected chi connectivity index (χ3v) is 3.60. The highest BCUT2D eigenvalue weighted by molar-refractivity contribution is 5.73. The zero-order chi connectivity index (χ0) is 13.8. The molecule has 0 radical (unpaired) electrons. The summed E-state index contributed by atoms with van der Waals surface area (Å²) in [6, 6.07) is 0.471. The molecule has 0 bridgehead atoms. The van der Waals surface area contributed by atoms with Gasteiger partial charge in [-0.2, -0.15) is 0 Å². The van der Waals surface area contributed by atoms with E-state index in [1.807, 2.05) is 4.90 Å². The molecule has 3 nitrogen and oxygen atoms in total.